The first-order chi connectivity index (χ1) is 15.2. The van der Waals surface area contributed by atoms with Gasteiger partial charge in [-0.05, 0) is 68.6 Å². The Balaban J connectivity index is 1.71. The van der Waals surface area contributed by atoms with Crippen LogP contribution < -0.4 is 5.73 Å². The Hall–Kier alpha value is -3.02. The van der Waals surface area contributed by atoms with E-state index in [0.717, 1.165) is 54.9 Å². The van der Waals surface area contributed by atoms with Crippen LogP contribution in [0, 0.1) is 6.92 Å². The van der Waals surface area contributed by atoms with E-state index in [1.807, 2.05) is 24.4 Å². The topological polar surface area (TPSA) is 70.8 Å². The molecule has 0 aliphatic heterocycles. The number of aromatic amines is 1. The SMILES string of the molecule is Cc1cccnc1CN(CCCCN)C(Cc1ccccc1)c1nc2ccccc2[nH]1. The molecule has 0 radical (unpaired) electrons. The average molecular weight is 414 g/mol. The summed E-state index contributed by atoms with van der Waals surface area (Å²) in [5.41, 5.74) is 11.5. The Morgan fingerprint density at radius 3 is 2.55 bits per heavy atom. The van der Waals surface area contributed by atoms with E-state index in [4.69, 9.17) is 10.7 Å². The highest BCUT2D eigenvalue weighted by atomic mass is 15.2. The summed E-state index contributed by atoms with van der Waals surface area (Å²) in [4.78, 5) is 15.8. The van der Waals surface area contributed by atoms with E-state index in [1.54, 1.807) is 0 Å². The second-order valence-corrected chi connectivity index (χ2v) is 8.08. The molecule has 0 aliphatic carbocycles. The number of benzene rings is 2. The first-order valence-corrected chi connectivity index (χ1v) is 11.1. The summed E-state index contributed by atoms with van der Waals surface area (Å²) >= 11 is 0. The number of hydrogen-bond donors (Lipinski definition) is 2. The normalized spacial score (nSPS) is 12.5. The van der Waals surface area contributed by atoms with Gasteiger partial charge >= 0.3 is 0 Å². The molecule has 4 rings (SSSR count). The molecule has 2 aromatic heterocycles. The summed E-state index contributed by atoms with van der Waals surface area (Å²) in [7, 11) is 0. The van der Waals surface area contributed by atoms with Crippen LogP contribution >= 0.6 is 0 Å². The van der Waals surface area contributed by atoms with Gasteiger partial charge in [-0.1, -0.05) is 48.5 Å². The largest absolute Gasteiger partial charge is 0.341 e. The number of imidazole rings is 1. The Labute approximate surface area is 184 Å². The maximum atomic E-state index is 5.80. The fraction of sp³-hybridized carbons (Fsp3) is 0.308. The lowest BCUT2D eigenvalue weighted by atomic mass is 10.0. The molecule has 3 N–H and O–H groups in total. The molecule has 0 amide bonds. The molecule has 160 valence electrons. The number of nitrogens with one attached hydrogen (secondary N) is 1. The third-order valence-electron chi connectivity index (χ3n) is 5.81. The highest BCUT2D eigenvalue weighted by Crippen LogP contribution is 2.27. The predicted octanol–water partition coefficient (Wildman–Crippen LogP) is 4.79. The van der Waals surface area contributed by atoms with Crippen molar-refractivity contribution in [3.8, 4) is 0 Å². The number of H-pyrrole nitrogens is 1. The van der Waals surface area contributed by atoms with Crippen molar-refractivity contribution in [2.24, 2.45) is 5.73 Å². The summed E-state index contributed by atoms with van der Waals surface area (Å²) in [6, 6.07) is 23.2. The van der Waals surface area contributed by atoms with Crippen molar-refractivity contribution in [3.63, 3.8) is 0 Å². The van der Waals surface area contributed by atoms with E-state index < -0.39 is 0 Å². The van der Waals surface area contributed by atoms with E-state index in [9.17, 15) is 0 Å². The summed E-state index contributed by atoms with van der Waals surface area (Å²) in [5, 5.41) is 0. The van der Waals surface area contributed by atoms with Gasteiger partial charge in [0.15, 0.2) is 0 Å². The Bertz CT molecular complexity index is 1060. The first-order valence-electron chi connectivity index (χ1n) is 11.1. The quantitative estimate of drug-likeness (QED) is 0.367. The maximum absolute atomic E-state index is 5.80. The van der Waals surface area contributed by atoms with Crippen LogP contribution in [0.3, 0.4) is 0 Å². The molecule has 0 fully saturated rings. The van der Waals surface area contributed by atoms with Gasteiger partial charge in [-0.3, -0.25) is 9.88 Å². The lowest BCUT2D eigenvalue weighted by Crippen LogP contribution is -2.32. The van der Waals surface area contributed by atoms with Gasteiger partial charge in [-0.2, -0.15) is 0 Å². The second kappa shape index (κ2) is 10.3. The fourth-order valence-electron chi connectivity index (χ4n) is 4.05. The molecule has 4 aromatic rings. The van der Waals surface area contributed by atoms with Crippen LogP contribution in [0.5, 0.6) is 0 Å². The summed E-state index contributed by atoms with van der Waals surface area (Å²) < 4.78 is 0. The molecule has 0 bridgehead atoms. The maximum Gasteiger partial charge on any atom is 0.125 e. The minimum atomic E-state index is 0.119. The van der Waals surface area contributed by atoms with E-state index in [-0.39, 0.29) is 6.04 Å². The van der Waals surface area contributed by atoms with Gasteiger partial charge in [0.1, 0.15) is 5.82 Å². The lowest BCUT2D eigenvalue weighted by Gasteiger charge is -2.31. The van der Waals surface area contributed by atoms with Crippen molar-refractivity contribution >= 4 is 11.0 Å². The summed E-state index contributed by atoms with van der Waals surface area (Å²) in [5.74, 6) is 1.01. The zero-order chi connectivity index (χ0) is 21.5. The number of unbranched alkanes of at least 4 members (excludes halogenated alkanes) is 1. The zero-order valence-corrected chi connectivity index (χ0v) is 18.2. The molecule has 2 aromatic carbocycles. The predicted molar refractivity (Wildman–Crippen MR) is 127 cm³/mol. The van der Waals surface area contributed by atoms with Gasteiger partial charge in [0.05, 0.1) is 22.8 Å². The molecule has 5 nitrogen and oxygen atoms in total. The van der Waals surface area contributed by atoms with Crippen LogP contribution in [0.15, 0.2) is 72.9 Å². The van der Waals surface area contributed by atoms with Crippen LogP contribution in [0.1, 0.15) is 41.5 Å². The number of rotatable bonds is 10. The van der Waals surface area contributed by atoms with Crippen LogP contribution in [0.2, 0.25) is 0 Å². The lowest BCUT2D eigenvalue weighted by molar-refractivity contribution is 0.174. The molecular formula is C26H31N5. The molecule has 0 saturated carbocycles. The number of para-hydroxylation sites is 2. The van der Waals surface area contributed by atoms with Gasteiger partial charge in [-0.15, -0.1) is 0 Å². The van der Waals surface area contributed by atoms with Crippen molar-refractivity contribution in [1.82, 2.24) is 19.9 Å². The van der Waals surface area contributed by atoms with Crippen LogP contribution in [-0.2, 0) is 13.0 Å². The van der Waals surface area contributed by atoms with Crippen LogP contribution in [0.4, 0.5) is 0 Å². The molecule has 5 heteroatoms. The van der Waals surface area contributed by atoms with E-state index in [1.165, 1.54) is 11.1 Å². The molecule has 0 aliphatic rings. The number of nitrogens with zero attached hydrogens (tertiary/aromatic N) is 3. The van der Waals surface area contributed by atoms with Crippen LogP contribution in [0.25, 0.3) is 11.0 Å². The molecule has 2 heterocycles. The number of pyridine rings is 1. The fourth-order valence-corrected chi connectivity index (χ4v) is 4.05. The Kier molecular flexibility index (Phi) is 7.07. The molecule has 0 spiro atoms. The van der Waals surface area contributed by atoms with Gasteiger partial charge in [0.25, 0.3) is 0 Å². The number of fused-ring (bicyclic) bond motifs is 1. The summed E-state index contributed by atoms with van der Waals surface area (Å²) in [6.07, 6.45) is 4.83. The van der Waals surface area contributed by atoms with Crippen molar-refractivity contribution < 1.29 is 0 Å². The number of hydrogen-bond acceptors (Lipinski definition) is 4. The van der Waals surface area contributed by atoms with Gasteiger partial charge in [0, 0.05) is 12.7 Å². The van der Waals surface area contributed by atoms with Crippen molar-refractivity contribution in [2.75, 3.05) is 13.1 Å². The van der Waals surface area contributed by atoms with Gasteiger partial charge in [0.2, 0.25) is 0 Å². The highest BCUT2D eigenvalue weighted by molar-refractivity contribution is 5.74. The number of aromatic nitrogens is 3. The van der Waals surface area contributed by atoms with Crippen molar-refractivity contribution in [2.45, 2.75) is 38.8 Å². The minimum Gasteiger partial charge on any atom is -0.341 e. The van der Waals surface area contributed by atoms with Crippen molar-refractivity contribution in [1.29, 1.82) is 0 Å². The smallest absolute Gasteiger partial charge is 0.125 e. The first kappa shape index (κ1) is 21.2. The third-order valence-corrected chi connectivity index (χ3v) is 5.81. The number of aryl methyl sites for hydroxylation is 1. The van der Waals surface area contributed by atoms with Gasteiger partial charge in [-0.25, -0.2) is 4.98 Å². The summed E-state index contributed by atoms with van der Waals surface area (Å²) in [6.45, 7) is 4.58. The highest BCUT2D eigenvalue weighted by Gasteiger charge is 2.25. The van der Waals surface area contributed by atoms with Crippen molar-refractivity contribution in [3.05, 3.63) is 95.6 Å². The average Bonchev–Trinajstić information content (AvgIpc) is 3.23. The third kappa shape index (κ3) is 5.37. The Morgan fingerprint density at radius 1 is 0.968 bits per heavy atom. The monoisotopic (exact) mass is 413 g/mol. The van der Waals surface area contributed by atoms with Gasteiger partial charge < -0.3 is 10.7 Å². The molecular weight excluding hydrogens is 382 g/mol. The van der Waals surface area contributed by atoms with E-state index >= 15 is 0 Å². The molecule has 0 saturated heterocycles. The van der Waals surface area contributed by atoms with Crippen LogP contribution in [-0.4, -0.2) is 32.9 Å². The van der Waals surface area contributed by atoms with E-state index in [0.29, 0.717) is 6.54 Å². The standard InChI is InChI=1S/C26H31N5/c1-20-10-9-16-28-24(20)19-31(17-8-7-15-27)25(18-21-11-3-2-4-12-21)26-29-22-13-5-6-14-23(22)30-26/h2-6,9-14,16,25H,7-8,15,17-19,27H2,1H3,(H,29,30). The Morgan fingerprint density at radius 2 is 1.77 bits per heavy atom. The molecule has 1 atom stereocenters. The zero-order valence-electron chi connectivity index (χ0n) is 18.2. The second-order valence-electron chi connectivity index (χ2n) is 8.08. The number of nitrogens with two attached hydrogens (primary N) is 1. The molecule has 31 heavy (non-hydrogen) atoms. The molecule has 1 unspecified atom stereocenters. The minimum absolute atomic E-state index is 0.119. The van der Waals surface area contributed by atoms with E-state index in [2.05, 4.69) is 70.3 Å².